The lowest BCUT2D eigenvalue weighted by molar-refractivity contribution is 0.512. The van der Waals surface area contributed by atoms with Gasteiger partial charge in [-0.3, -0.25) is 0 Å². The largest absolute Gasteiger partial charge is 0.308 e. The standard InChI is InChI=1S/C11H21N3S/c1-4-7-10-13-14-11(15-10)9(6-3)12-8-5-2/h9,12H,4-8H2,1-3H3. The Kier molecular flexibility index (Phi) is 5.79. The first-order valence-corrected chi connectivity index (χ1v) is 6.69. The quantitative estimate of drug-likeness (QED) is 0.778. The van der Waals surface area contributed by atoms with Gasteiger partial charge in [-0.2, -0.15) is 0 Å². The SMILES string of the molecule is CCCNC(CC)c1nnc(CCC)s1. The molecule has 0 saturated heterocycles. The predicted molar refractivity (Wildman–Crippen MR) is 65.2 cm³/mol. The van der Waals surface area contributed by atoms with Crippen molar-refractivity contribution in [1.82, 2.24) is 15.5 Å². The summed E-state index contributed by atoms with van der Waals surface area (Å²) in [6.45, 7) is 7.60. The van der Waals surface area contributed by atoms with Crippen LogP contribution in [0.2, 0.25) is 0 Å². The van der Waals surface area contributed by atoms with Crippen LogP contribution in [-0.4, -0.2) is 16.7 Å². The zero-order valence-electron chi connectivity index (χ0n) is 9.92. The minimum Gasteiger partial charge on any atom is -0.308 e. The zero-order chi connectivity index (χ0) is 11.1. The number of hydrogen-bond acceptors (Lipinski definition) is 4. The summed E-state index contributed by atoms with van der Waals surface area (Å²) in [7, 11) is 0. The van der Waals surface area contributed by atoms with E-state index in [4.69, 9.17) is 0 Å². The molecule has 15 heavy (non-hydrogen) atoms. The first-order chi connectivity index (χ1) is 7.31. The van der Waals surface area contributed by atoms with Crippen LogP contribution in [0.15, 0.2) is 0 Å². The third-order valence-electron chi connectivity index (χ3n) is 2.29. The van der Waals surface area contributed by atoms with Crippen molar-refractivity contribution in [3.8, 4) is 0 Å². The van der Waals surface area contributed by atoms with Gasteiger partial charge in [0.15, 0.2) is 0 Å². The van der Waals surface area contributed by atoms with E-state index in [1.165, 1.54) is 5.01 Å². The van der Waals surface area contributed by atoms with E-state index in [0.29, 0.717) is 6.04 Å². The summed E-state index contributed by atoms with van der Waals surface area (Å²) in [6.07, 6.45) is 4.45. The molecule has 0 radical (unpaired) electrons. The van der Waals surface area contributed by atoms with Gasteiger partial charge in [-0.05, 0) is 25.8 Å². The van der Waals surface area contributed by atoms with E-state index in [2.05, 4.69) is 36.3 Å². The number of nitrogens with one attached hydrogen (secondary N) is 1. The summed E-state index contributed by atoms with van der Waals surface area (Å²) in [6, 6.07) is 0.396. The molecule has 3 nitrogen and oxygen atoms in total. The second-order valence-corrected chi connectivity index (χ2v) is 4.79. The molecule has 0 amide bonds. The van der Waals surface area contributed by atoms with E-state index < -0.39 is 0 Å². The van der Waals surface area contributed by atoms with Gasteiger partial charge < -0.3 is 5.32 Å². The summed E-state index contributed by atoms with van der Waals surface area (Å²) in [4.78, 5) is 0. The van der Waals surface area contributed by atoms with Crippen LogP contribution in [0.25, 0.3) is 0 Å². The lowest BCUT2D eigenvalue weighted by atomic mass is 10.2. The van der Waals surface area contributed by atoms with Gasteiger partial charge in [-0.15, -0.1) is 10.2 Å². The highest BCUT2D eigenvalue weighted by molar-refractivity contribution is 7.11. The maximum Gasteiger partial charge on any atom is 0.134 e. The highest BCUT2D eigenvalue weighted by Crippen LogP contribution is 2.21. The van der Waals surface area contributed by atoms with E-state index in [-0.39, 0.29) is 0 Å². The van der Waals surface area contributed by atoms with Crippen molar-refractivity contribution in [2.75, 3.05) is 6.54 Å². The van der Waals surface area contributed by atoms with Gasteiger partial charge in [0.2, 0.25) is 0 Å². The number of rotatable bonds is 7. The highest BCUT2D eigenvalue weighted by atomic mass is 32.1. The van der Waals surface area contributed by atoms with Crippen molar-refractivity contribution in [2.45, 2.75) is 52.5 Å². The third kappa shape index (κ3) is 3.87. The Morgan fingerprint density at radius 2 is 2.00 bits per heavy atom. The third-order valence-corrected chi connectivity index (χ3v) is 3.39. The van der Waals surface area contributed by atoms with Crippen molar-refractivity contribution >= 4 is 11.3 Å². The molecule has 0 saturated carbocycles. The van der Waals surface area contributed by atoms with Crippen LogP contribution in [0.5, 0.6) is 0 Å². The molecule has 0 spiro atoms. The maximum absolute atomic E-state index is 4.26. The average Bonchev–Trinajstić information content (AvgIpc) is 2.68. The van der Waals surface area contributed by atoms with E-state index >= 15 is 0 Å². The first kappa shape index (κ1) is 12.6. The molecule has 4 heteroatoms. The van der Waals surface area contributed by atoms with Crippen LogP contribution < -0.4 is 5.32 Å². The lowest BCUT2D eigenvalue weighted by Crippen LogP contribution is -2.21. The molecule has 0 fully saturated rings. The van der Waals surface area contributed by atoms with Crippen molar-refractivity contribution in [2.24, 2.45) is 0 Å². The minimum absolute atomic E-state index is 0.396. The van der Waals surface area contributed by atoms with Gasteiger partial charge in [0.05, 0.1) is 6.04 Å². The molecule has 1 unspecified atom stereocenters. The summed E-state index contributed by atoms with van der Waals surface area (Å²) >= 11 is 1.76. The van der Waals surface area contributed by atoms with Crippen molar-refractivity contribution in [1.29, 1.82) is 0 Å². The van der Waals surface area contributed by atoms with Gasteiger partial charge in [-0.1, -0.05) is 32.1 Å². The van der Waals surface area contributed by atoms with Crippen LogP contribution in [0, 0.1) is 0 Å². The molecule has 1 atom stereocenters. The molecule has 1 aromatic rings. The minimum atomic E-state index is 0.396. The van der Waals surface area contributed by atoms with E-state index in [0.717, 1.165) is 37.2 Å². The van der Waals surface area contributed by atoms with Crippen molar-refractivity contribution in [3.63, 3.8) is 0 Å². The highest BCUT2D eigenvalue weighted by Gasteiger charge is 2.13. The molecule has 0 aliphatic heterocycles. The van der Waals surface area contributed by atoms with Gasteiger partial charge in [0, 0.05) is 6.42 Å². The second-order valence-electron chi connectivity index (χ2n) is 3.70. The van der Waals surface area contributed by atoms with Crippen LogP contribution in [0.4, 0.5) is 0 Å². The van der Waals surface area contributed by atoms with Gasteiger partial charge in [-0.25, -0.2) is 0 Å². The van der Waals surface area contributed by atoms with E-state index in [1.807, 2.05) is 0 Å². The Hall–Kier alpha value is -0.480. The molecule has 0 bridgehead atoms. The Bertz CT molecular complexity index is 273. The van der Waals surface area contributed by atoms with E-state index in [1.54, 1.807) is 11.3 Å². The van der Waals surface area contributed by atoms with Crippen molar-refractivity contribution in [3.05, 3.63) is 10.0 Å². The average molecular weight is 227 g/mol. The zero-order valence-corrected chi connectivity index (χ0v) is 10.7. The fraction of sp³-hybridized carbons (Fsp3) is 0.818. The molecule has 1 N–H and O–H groups in total. The monoisotopic (exact) mass is 227 g/mol. The predicted octanol–water partition coefficient (Wildman–Crippen LogP) is 2.94. The molecule has 1 heterocycles. The normalized spacial score (nSPS) is 13.0. The first-order valence-electron chi connectivity index (χ1n) is 5.87. The maximum atomic E-state index is 4.26. The Labute approximate surface area is 96.3 Å². The Morgan fingerprint density at radius 3 is 2.60 bits per heavy atom. The van der Waals surface area contributed by atoms with Crippen LogP contribution in [0.1, 0.15) is 56.1 Å². The Morgan fingerprint density at radius 1 is 1.20 bits per heavy atom. The van der Waals surface area contributed by atoms with Crippen LogP contribution in [-0.2, 0) is 6.42 Å². The molecule has 0 aliphatic carbocycles. The summed E-state index contributed by atoms with van der Waals surface area (Å²) in [5.74, 6) is 0. The van der Waals surface area contributed by atoms with Crippen LogP contribution in [0.3, 0.4) is 0 Å². The van der Waals surface area contributed by atoms with Gasteiger partial charge in [0.25, 0.3) is 0 Å². The smallest absolute Gasteiger partial charge is 0.134 e. The van der Waals surface area contributed by atoms with Gasteiger partial charge >= 0.3 is 0 Å². The summed E-state index contributed by atoms with van der Waals surface area (Å²) in [5.41, 5.74) is 0. The lowest BCUT2D eigenvalue weighted by Gasteiger charge is -2.12. The van der Waals surface area contributed by atoms with Crippen molar-refractivity contribution < 1.29 is 0 Å². The molecular weight excluding hydrogens is 206 g/mol. The number of nitrogens with zero attached hydrogens (tertiary/aromatic N) is 2. The van der Waals surface area contributed by atoms with Crippen LogP contribution >= 0.6 is 11.3 Å². The van der Waals surface area contributed by atoms with Gasteiger partial charge in [0.1, 0.15) is 10.0 Å². The fourth-order valence-corrected chi connectivity index (χ4v) is 2.55. The summed E-state index contributed by atoms with van der Waals surface area (Å²) in [5, 5.41) is 14.3. The van der Waals surface area contributed by atoms with E-state index in [9.17, 15) is 0 Å². The topological polar surface area (TPSA) is 37.8 Å². The molecular formula is C11H21N3S. The number of aryl methyl sites for hydroxylation is 1. The molecule has 1 aromatic heterocycles. The molecule has 0 aromatic carbocycles. The second kappa shape index (κ2) is 6.90. The number of hydrogen-bond donors (Lipinski definition) is 1. The molecule has 0 aliphatic rings. The fourth-order valence-electron chi connectivity index (χ4n) is 1.45. The molecule has 86 valence electrons. The molecule has 1 rings (SSSR count). The Balaban J connectivity index is 2.57. The number of aromatic nitrogens is 2. The summed E-state index contributed by atoms with van der Waals surface area (Å²) < 4.78 is 0.